The van der Waals surface area contributed by atoms with Crippen molar-refractivity contribution in [3.05, 3.63) is 24.0 Å². The molecule has 4 heteroatoms. The van der Waals surface area contributed by atoms with Gasteiger partial charge in [-0.05, 0) is 44.0 Å². The van der Waals surface area contributed by atoms with Crippen LogP contribution in [0.5, 0.6) is 5.75 Å². The van der Waals surface area contributed by atoms with Crippen molar-refractivity contribution in [3.63, 3.8) is 0 Å². The topological polar surface area (TPSA) is 51.2 Å². The summed E-state index contributed by atoms with van der Waals surface area (Å²) in [6.07, 6.45) is 4.36. The van der Waals surface area contributed by atoms with Gasteiger partial charge in [-0.25, -0.2) is 4.98 Å². The van der Waals surface area contributed by atoms with Gasteiger partial charge in [0.05, 0.1) is 7.11 Å². The van der Waals surface area contributed by atoms with Gasteiger partial charge in [-0.1, -0.05) is 0 Å². The molecule has 4 nitrogen and oxygen atoms in total. The lowest BCUT2D eigenvalue weighted by molar-refractivity contribution is 0.0944. The van der Waals surface area contributed by atoms with E-state index in [9.17, 15) is 4.79 Å². The summed E-state index contributed by atoms with van der Waals surface area (Å²) < 4.78 is 5.16. The average Bonchev–Trinajstić information content (AvgIpc) is 2.40. The lowest BCUT2D eigenvalue weighted by Crippen LogP contribution is -2.29. The Morgan fingerprint density at radius 3 is 3.00 bits per heavy atom. The van der Waals surface area contributed by atoms with Crippen molar-refractivity contribution in [1.29, 1.82) is 0 Å². The van der Waals surface area contributed by atoms with Crippen LogP contribution in [0.15, 0.2) is 18.3 Å². The van der Waals surface area contributed by atoms with Crippen molar-refractivity contribution in [1.82, 2.24) is 10.3 Å². The third kappa shape index (κ3) is 3.03. The first kappa shape index (κ1) is 12.0. The number of hydrogen-bond acceptors (Lipinski definition) is 4. The second-order valence-electron chi connectivity index (χ2n) is 4.37. The number of ketones is 1. The number of nitrogens with one attached hydrogen (secondary N) is 1. The number of Topliss-reactive ketones (excluding diaryl/α,β-unsaturated/α-hetero) is 1. The molecular formula is C13H18N2O2. The second kappa shape index (κ2) is 5.77. The van der Waals surface area contributed by atoms with Gasteiger partial charge >= 0.3 is 0 Å². The van der Waals surface area contributed by atoms with Crippen LogP contribution in [0.4, 0.5) is 0 Å². The highest BCUT2D eigenvalue weighted by Crippen LogP contribution is 2.22. The van der Waals surface area contributed by atoms with Crippen LogP contribution in [0.1, 0.15) is 29.8 Å². The first-order valence-corrected chi connectivity index (χ1v) is 6.04. The van der Waals surface area contributed by atoms with Crippen molar-refractivity contribution in [2.45, 2.75) is 19.3 Å². The van der Waals surface area contributed by atoms with E-state index in [2.05, 4.69) is 10.3 Å². The van der Waals surface area contributed by atoms with E-state index in [1.807, 2.05) is 0 Å². The van der Waals surface area contributed by atoms with Gasteiger partial charge in [-0.15, -0.1) is 0 Å². The van der Waals surface area contributed by atoms with Crippen molar-refractivity contribution in [3.8, 4) is 5.75 Å². The summed E-state index contributed by atoms with van der Waals surface area (Å²) in [4.78, 5) is 16.3. The Morgan fingerprint density at radius 1 is 1.53 bits per heavy atom. The molecule has 0 saturated carbocycles. The number of aromatic nitrogens is 1. The molecule has 1 aliphatic rings. The Labute approximate surface area is 101 Å². The number of methoxy groups -OCH3 is 1. The quantitative estimate of drug-likeness (QED) is 0.805. The normalized spacial score (nSPS) is 16.8. The number of hydrogen-bond donors (Lipinski definition) is 1. The number of ether oxygens (including phenoxy) is 1. The van der Waals surface area contributed by atoms with Gasteiger partial charge in [0.25, 0.3) is 0 Å². The monoisotopic (exact) mass is 234 g/mol. The molecule has 0 bridgehead atoms. The zero-order chi connectivity index (χ0) is 12.1. The highest BCUT2D eigenvalue weighted by molar-refractivity contribution is 5.96. The van der Waals surface area contributed by atoms with Crippen LogP contribution in [0.2, 0.25) is 0 Å². The molecule has 17 heavy (non-hydrogen) atoms. The highest BCUT2D eigenvalue weighted by atomic mass is 16.5. The fourth-order valence-electron chi connectivity index (χ4n) is 2.21. The molecule has 0 spiro atoms. The van der Waals surface area contributed by atoms with Gasteiger partial charge in [0.2, 0.25) is 0 Å². The van der Waals surface area contributed by atoms with E-state index in [1.165, 1.54) is 0 Å². The zero-order valence-corrected chi connectivity index (χ0v) is 10.1. The highest BCUT2D eigenvalue weighted by Gasteiger charge is 2.20. The number of carbonyl (C=O) groups is 1. The molecule has 2 heterocycles. The molecule has 2 rings (SSSR count). The zero-order valence-electron chi connectivity index (χ0n) is 10.1. The van der Waals surface area contributed by atoms with Gasteiger partial charge in [0, 0.05) is 12.6 Å². The van der Waals surface area contributed by atoms with Crippen LogP contribution in [-0.2, 0) is 0 Å². The molecule has 0 unspecified atom stereocenters. The van der Waals surface area contributed by atoms with Crippen LogP contribution in [0.3, 0.4) is 0 Å². The Morgan fingerprint density at radius 2 is 2.29 bits per heavy atom. The van der Waals surface area contributed by atoms with E-state index >= 15 is 0 Å². The van der Waals surface area contributed by atoms with Gasteiger partial charge in [-0.3, -0.25) is 4.79 Å². The van der Waals surface area contributed by atoms with E-state index in [0.717, 1.165) is 25.9 Å². The van der Waals surface area contributed by atoms with Gasteiger partial charge in [0.15, 0.2) is 5.78 Å². The largest absolute Gasteiger partial charge is 0.494 e. The standard InChI is InChI=1S/C13H18N2O2/c1-17-12-3-2-6-15-13(12)11(16)9-10-4-7-14-8-5-10/h2-3,6,10,14H,4-5,7-9H2,1H3. The first-order chi connectivity index (χ1) is 8.31. The van der Waals surface area contributed by atoms with Crippen LogP contribution >= 0.6 is 0 Å². The van der Waals surface area contributed by atoms with E-state index < -0.39 is 0 Å². The predicted molar refractivity (Wildman–Crippen MR) is 65.3 cm³/mol. The Balaban J connectivity index is 2.03. The Hall–Kier alpha value is -1.42. The fraction of sp³-hybridized carbons (Fsp3) is 0.538. The smallest absolute Gasteiger partial charge is 0.185 e. The van der Waals surface area contributed by atoms with Crippen molar-refractivity contribution in [2.75, 3.05) is 20.2 Å². The summed E-state index contributed by atoms with van der Waals surface area (Å²) in [7, 11) is 1.57. The molecule has 1 aromatic rings. The lowest BCUT2D eigenvalue weighted by atomic mass is 9.91. The fourth-order valence-corrected chi connectivity index (χ4v) is 2.21. The number of nitrogens with zero attached hydrogens (tertiary/aromatic N) is 1. The Bertz CT molecular complexity index is 387. The van der Waals surface area contributed by atoms with E-state index in [4.69, 9.17) is 4.74 Å². The van der Waals surface area contributed by atoms with Crippen molar-refractivity contribution in [2.24, 2.45) is 5.92 Å². The maximum Gasteiger partial charge on any atom is 0.185 e. The second-order valence-corrected chi connectivity index (χ2v) is 4.37. The molecular weight excluding hydrogens is 216 g/mol. The van der Waals surface area contributed by atoms with E-state index in [-0.39, 0.29) is 5.78 Å². The molecule has 1 aromatic heterocycles. The molecule has 0 radical (unpaired) electrons. The molecule has 0 atom stereocenters. The summed E-state index contributed by atoms with van der Waals surface area (Å²) in [6.45, 7) is 2.02. The maximum absolute atomic E-state index is 12.1. The minimum atomic E-state index is 0.0920. The minimum absolute atomic E-state index is 0.0920. The third-order valence-corrected chi connectivity index (χ3v) is 3.19. The van der Waals surface area contributed by atoms with E-state index in [1.54, 1.807) is 25.4 Å². The molecule has 0 aromatic carbocycles. The SMILES string of the molecule is COc1cccnc1C(=O)CC1CCNCC1. The third-order valence-electron chi connectivity index (χ3n) is 3.19. The van der Waals surface area contributed by atoms with Gasteiger partial charge in [0.1, 0.15) is 11.4 Å². The minimum Gasteiger partial charge on any atom is -0.494 e. The van der Waals surface area contributed by atoms with Gasteiger partial charge in [-0.2, -0.15) is 0 Å². The summed E-state index contributed by atoms with van der Waals surface area (Å²) in [5, 5.41) is 3.30. The number of rotatable bonds is 4. The molecule has 0 aliphatic carbocycles. The first-order valence-electron chi connectivity index (χ1n) is 6.04. The van der Waals surface area contributed by atoms with Crippen LogP contribution in [-0.4, -0.2) is 31.0 Å². The number of piperidine rings is 1. The van der Waals surface area contributed by atoms with Crippen molar-refractivity contribution >= 4 is 5.78 Å². The average molecular weight is 234 g/mol. The van der Waals surface area contributed by atoms with Gasteiger partial charge < -0.3 is 10.1 Å². The summed E-state index contributed by atoms with van der Waals surface area (Å²) in [5.74, 6) is 1.15. The summed E-state index contributed by atoms with van der Waals surface area (Å²) in [5.41, 5.74) is 0.466. The molecule has 0 amide bonds. The van der Waals surface area contributed by atoms with Crippen molar-refractivity contribution < 1.29 is 9.53 Å². The molecule has 1 N–H and O–H groups in total. The maximum atomic E-state index is 12.1. The van der Waals surface area contributed by atoms with Crippen LogP contribution in [0.25, 0.3) is 0 Å². The summed E-state index contributed by atoms with van der Waals surface area (Å²) >= 11 is 0. The number of carbonyl (C=O) groups excluding carboxylic acids is 1. The molecule has 1 aliphatic heterocycles. The van der Waals surface area contributed by atoms with Crippen LogP contribution < -0.4 is 10.1 Å². The number of pyridine rings is 1. The lowest BCUT2D eigenvalue weighted by Gasteiger charge is -2.21. The molecule has 92 valence electrons. The van der Waals surface area contributed by atoms with E-state index in [0.29, 0.717) is 23.8 Å². The Kier molecular flexibility index (Phi) is 4.09. The molecule has 1 fully saturated rings. The van der Waals surface area contributed by atoms with Crippen LogP contribution in [0, 0.1) is 5.92 Å². The predicted octanol–water partition coefficient (Wildman–Crippen LogP) is 1.66. The summed E-state index contributed by atoms with van der Waals surface area (Å²) in [6, 6.07) is 3.56. The molecule has 1 saturated heterocycles.